The lowest BCUT2D eigenvalue weighted by atomic mass is 9.84. The normalized spacial score (nSPS) is 14.5. The van der Waals surface area contributed by atoms with Gasteiger partial charge in [-0.15, -0.1) is 0 Å². The fourth-order valence-corrected chi connectivity index (χ4v) is 3.52. The molecule has 0 aliphatic heterocycles. The van der Waals surface area contributed by atoms with Crippen LogP contribution in [0.2, 0.25) is 0 Å². The smallest absolute Gasteiger partial charge is 0.186 e. The first kappa shape index (κ1) is 21.1. The Hall–Kier alpha value is -2.60. The van der Waals surface area contributed by atoms with Crippen LogP contribution in [0.4, 0.5) is 0 Å². The van der Waals surface area contributed by atoms with Crippen molar-refractivity contribution in [3.8, 4) is 11.5 Å². The maximum atomic E-state index is 5.81. The molecule has 6 heteroatoms. The summed E-state index contributed by atoms with van der Waals surface area (Å²) in [5.41, 5.74) is 5.12. The fraction of sp³-hybridized carbons (Fsp3) is 0.391. The standard InChI is InChI=1S/C23H29N3O2S/c1-24-23(29)26-25-17-18-7-11-21(12-8-18)27-15-16-28-22-13-9-20(10-14-22)19-5-3-2-4-6-19/h7-14,17,19H,2-6,15-16H2,1H3,(H2,24,26,29)/b25-17+. The Kier molecular flexibility index (Phi) is 8.31. The summed E-state index contributed by atoms with van der Waals surface area (Å²) in [6.07, 6.45) is 8.44. The maximum absolute atomic E-state index is 5.81. The monoisotopic (exact) mass is 411 g/mol. The highest BCUT2D eigenvalue weighted by atomic mass is 32.1. The molecule has 0 radical (unpaired) electrons. The van der Waals surface area contributed by atoms with Crippen LogP contribution in [0.3, 0.4) is 0 Å². The molecule has 2 aromatic carbocycles. The molecule has 0 saturated heterocycles. The van der Waals surface area contributed by atoms with E-state index in [0.717, 1.165) is 23.0 Å². The van der Waals surface area contributed by atoms with Gasteiger partial charge in [-0.2, -0.15) is 5.10 Å². The number of nitrogens with zero attached hydrogens (tertiary/aromatic N) is 1. The van der Waals surface area contributed by atoms with Gasteiger partial charge in [0.25, 0.3) is 0 Å². The average Bonchev–Trinajstić information content (AvgIpc) is 2.78. The second kappa shape index (κ2) is 11.4. The van der Waals surface area contributed by atoms with Crippen LogP contribution < -0.4 is 20.2 Å². The van der Waals surface area contributed by atoms with Crippen molar-refractivity contribution in [1.29, 1.82) is 0 Å². The Bertz CT molecular complexity index is 785. The van der Waals surface area contributed by atoms with E-state index in [4.69, 9.17) is 21.7 Å². The minimum atomic E-state index is 0.477. The largest absolute Gasteiger partial charge is 0.490 e. The molecular formula is C23H29N3O2S. The van der Waals surface area contributed by atoms with E-state index in [9.17, 15) is 0 Å². The molecule has 2 aromatic rings. The third-order valence-electron chi connectivity index (χ3n) is 5.06. The summed E-state index contributed by atoms with van der Waals surface area (Å²) in [5, 5.41) is 7.32. The highest BCUT2D eigenvalue weighted by Crippen LogP contribution is 2.33. The molecule has 5 nitrogen and oxygen atoms in total. The molecule has 0 atom stereocenters. The molecule has 0 aromatic heterocycles. The van der Waals surface area contributed by atoms with E-state index < -0.39 is 0 Å². The number of hydrogen-bond acceptors (Lipinski definition) is 4. The van der Waals surface area contributed by atoms with E-state index in [2.05, 4.69) is 40.1 Å². The molecule has 1 saturated carbocycles. The summed E-state index contributed by atoms with van der Waals surface area (Å²) < 4.78 is 11.6. The maximum Gasteiger partial charge on any atom is 0.186 e. The first-order chi connectivity index (χ1) is 14.2. The van der Waals surface area contributed by atoms with Crippen molar-refractivity contribution in [2.24, 2.45) is 5.10 Å². The molecule has 0 amide bonds. The molecule has 1 aliphatic carbocycles. The first-order valence-electron chi connectivity index (χ1n) is 10.2. The van der Waals surface area contributed by atoms with Gasteiger partial charge in [-0.05, 0) is 78.5 Å². The molecule has 2 N–H and O–H groups in total. The number of ether oxygens (including phenoxy) is 2. The Labute approximate surface area is 178 Å². The lowest BCUT2D eigenvalue weighted by molar-refractivity contribution is 0.217. The summed E-state index contributed by atoms with van der Waals surface area (Å²) in [4.78, 5) is 0. The van der Waals surface area contributed by atoms with Crippen molar-refractivity contribution in [2.75, 3.05) is 20.3 Å². The van der Waals surface area contributed by atoms with Gasteiger partial charge in [0.05, 0.1) is 6.21 Å². The lowest BCUT2D eigenvalue weighted by Crippen LogP contribution is -2.28. The number of nitrogens with one attached hydrogen (secondary N) is 2. The average molecular weight is 412 g/mol. The van der Waals surface area contributed by atoms with Gasteiger partial charge in [0.1, 0.15) is 24.7 Å². The quantitative estimate of drug-likeness (QED) is 0.287. The van der Waals surface area contributed by atoms with E-state index in [1.807, 2.05) is 24.3 Å². The third kappa shape index (κ3) is 7.06. The van der Waals surface area contributed by atoms with Gasteiger partial charge in [0.15, 0.2) is 5.11 Å². The van der Waals surface area contributed by atoms with Crippen LogP contribution >= 0.6 is 12.2 Å². The molecule has 3 rings (SSSR count). The summed E-state index contributed by atoms with van der Waals surface area (Å²) >= 11 is 4.95. The molecule has 0 heterocycles. The molecule has 0 spiro atoms. The number of hydrazone groups is 1. The zero-order valence-electron chi connectivity index (χ0n) is 16.9. The van der Waals surface area contributed by atoms with Crippen LogP contribution in [0, 0.1) is 0 Å². The van der Waals surface area contributed by atoms with Crippen LogP contribution in [0.25, 0.3) is 0 Å². The number of hydrogen-bond donors (Lipinski definition) is 2. The van der Waals surface area contributed by atoms with Crippen LogP contribution in [0.5, 0.6) is 11.5 Å². The van der Waals surface area contributed by atoms with Gasteiger partial charge < -0.3 is 14.8 Å². The number of rotatable bonds is 8. The predicted molar refractivity (Wildman–Crippen MR) is 122 cm³/mol. The van der Waals surface area contributed by atoms with Crippen LogP contribution in [-0.2, 0) is 0 Å². The predicted octanol–water partition coefficient (Wildman–Crippen LogP) is 4.62. The van der Waals surface area contributed by atoms with Crippen molar-refractivity contribution in [1.82, 2.24) is 10.7 Å². The second-order valence-electron chi connectivity index (χ2n) is 7.12. The molecule has 29 heavy (non-hydrogen) atoms. The summed E-state index contributed by atoms with van der Waals surface area (Å²) in [7, 11) is 1.74. The SMILES string of the molecule is CNC(=S)N/N=C/c1ccc(OCCOc2ccc(C3CCCCC3)cc2)cc1. The first-order valence-corrected chi connectivity index (χ1v) is 10.6. The van der Waals surface area contributed by atoms with Gasteiger partial charge in [-0.1, -0.05) is 31.4 Å². The van der Waals surface area contributed by atoms with E-state index in [1.54, 1.807) is 13.3 Å². The van der Waals surface area contributed by atoms with Crippen molar-refractivity contribution in [3.05, 3.63) is 59.7 Å². The Morgan fingerprint density at radius 1 is 0.966 bits per heavy atom. The van der Waals surface area contributed by atoms with E-state index in [0.29, 0.717) is 18.3 Å². The lowest BCUT2D eigenvalue weighted by Gasteiger charge is -2.22. The number of benzene rings is 2. The molecule has 154 valence electrons. The van der Waals surface area contributed by atoms with Gasteiger partial charge in [-0.25, -0.2) is 0 Å². The van der Waals surface area contributed by atoms with Crippen LogP contribution in [-0.4, -0.2) is 31.6 Å². The summed E-state index contributed by atoms with van der Waals surface area (Å²) in [5.74, 6) is 2.42. The van der Waals surface area contributed by atoms with Gasteiger partial charge >= 0.3 is 0 Å². The Morgan fingerprint density at radius 2 is 1.55 bits per heavy atom. The zero-order valence-corrected chi connectivity index (χ0v) is 17.7. The minimum absolute atomic E-state index is 0.477. The minimum Gasteiger partial charge on any atom is -0.490 e. The summed E-state index contributed by atoms with van der Waals surface area (Å²) in [6.45, 7) is 1.01. The second-order valence-corrected chi connectivity index (χ2v) is 7.53. The van der Waals surface area contributed by atoms with Crippen molar-refractivity contribution in [2.45, 2.75) is 38.0 Å². The molecule has 1 aliphatic rings. The van der Waals surface area contributed by atoms with Gasteiger partial charge in [0, 0.05) is 7.05 Å². The Morgan fingerprint density at radius 3 is 2.14 bits per heavy atom. The highest BCUT2D eigenvalue weighted by Gasteiger charge is 2.15. The molecule has 0 bridgehead atoms. The topological polar surface area (TPSA) is 54.9 Å². The number of thiocarbonyl (C=S) groups is 1. The van der Waals surface area contributed by atoms with E-state index >= 15 is 0 Å². The van der Waals surface area contributed by atoms with Gasteiger partial charge in [-0.3, -0.25) is 5.43 Å². The van der Waals surface area contributed by atoms with E-state index in [-0.39, 0.29) is 0 Å². The molecule has 0 unspecified atom stereocenters. The van der Waals surface area contributed by atoms with Gasteiger partial charge in [0.2, 0.25) is 0 Å². The fourth-order valence-electron chi connectivity index (χ4n) is 3.46. The van der Waals surface area contributed by atoms with E-state index in [1.165, 1.54) is 37.7 Å². The summed E-state index contributed by atoms with van der Waals surface area (Å²) in [6, 6.07) is 16.3. The third-order valence-corrected chi connectivity index (χ3v) is 5.36. The zero-order chi connectivity index (χ0) is 20.3. The van der Waals surface area contributed by atoms with Crippen LogP contribution in [0.15, 0.2) is 53.6 Å². The molecular weight excluding hydrogens is 382 g/mol. The van der Waals surface area contributed by atoms with Crippen molar-refractivity contribution >= 4 is 23.5 Å². The van der Waals surface area contributed by atoms with Crippen molar-refractivity contribution < 1.29 is 9.47 Å². The van der Waals surface area contributed by atoms with Crippen LogP contribution in [0.1, 0.15) is 49.1 Å². The highest BCUT2D eigenvalue weighted by molar-refractivity contribution is 7.80. The Balaban J connectivity index is 1.37. The molecule has 1 fully saturated rings. The van der Waals surface area contributed by atoms with Crippen molar-refractivity contribution in [3.63, 3.8) is 0 Å².